The number of carbonyl (C=O) groups excluding carboxylic acids is 2. The van der Waals surface area contributed by atoms with Gasteiger partial charge in [0.25, 0.3) is 0 Å². The monoisotopic (exact) mass is 513 g/mol. The van der Waals surface area contributed by atoms with Crippen LogP contribution in [0.2, 0.25) is 0 Å². The number of amides is 1. The first-order valence-corrected chi connectivity index (χ1v) is 12.6. The van der Waals surface area contributed by atoms with Gasteiger partial charge in [0.05, 0.1) is 30.9 Å². The summed E-state index contributed by atoms with van der Waals surface area (Å²) in [5, 5.41) is 13.3. The lowest BCUT2D eigenvalue weighted by atomic mass is 10.1. The zero-order valence-corrected chi connectivity index (χ0v) is 21.3. The first-order valence-electron chi connectivity index (χ1n) is 11.1. The average Bonchev–Trinajstić information content (AvgIpc) is 3.48. The van der Waals surface area contributed by atoms with E-state index in [0.717, 1.165) is 42.7 Å². The van der Waals surface area contributed by atoms with Crippen LogP contribution < -0.4 is 15.4 Å². The number of anilines is 2. The van der Waals surface area contributed by atoms with Gasteiger partial charge in [0.15, 0.2) is 0 Å². The van der Waals surface area contributed by atoms with E-state index in [9.17, 15) is 9.59 Å². The van der Waals surface area contributed by atoms with Crippen LogP contribution in [0.1, 0.15) is 34.5 Å². The molecule has 4 atom stereocenters. The highest BCUT2D eigenvalue weighted by Crippen LogP contribution is 2.34. The molecule has 0 bridgehead atoms. The van der Waals surface area contributed by atoms with Gasteiger partial charge in [-0.3, -0.25) is 19.4 Å². The van der Waals surface area contributed by atoms with E-state index in [1.54, 1.807) is 24.0 Å². The Hall–Kier alpha value is -2.85. The van der Waals surface area contributed by atoms with Gasteiger partial charge in [-0.05, 0) is 48.2 Å². The number of ketones is 1. The SMILES string of the molecule is CN(C=O)c1cccc(Cn2ccc(C(=O)c3cncnc3NC3CC(COSN)CC3P)n2)c1. The number of carbonyl (C=O) groups is 2. The maximum absolute atomic E-state index is 13.3. The Morgan fingerprint density at radius 2 is 2.26 bits per heavy atom. The van der Waals surface area contributed by atoms with Crippen LogP contribution in [0, 0.1) is 5.92 Å². The van der Waals surface area contributed by atoms with Gasteiger partial charge in [-0.25, -0.2) is 9.97 Å². The number of hydrogen-bond donors (Lipinski definition) is 2. The molecule has 4 unspecified atom stereocenters. The summed E-state index contributed by atoms with van der Waals surface area (Å²) >= 11 is 0.887. The molecule has 0 saturated heterocycles. The Balaban J connectivity index is 1.46. The zero-order chi connectivity index (χ0) is 24.8. The molecular formula is C23H28N7O3PS. The number of aromatic nitrogens is 4. The Labute approximate surface area is 210 Å². The van der Waals surface area contributed by atoms with Gasteiger partial charge in [0, 0.05) is 31.2 Å². The summed E-state index contributed by atoms with van der Waals surface area (Å²) in [5.41, 5.74) is 2.75. The highest BCUT2D eigenvalue weighted by Gasteiger charge is 2.33. The van der Waals surface area contributed by atoms with Crippen LogP contribution in [0.4, 0.5) is 11.5 Å². The van der Waals surface area contributed by atoms with Gasteiger partial charge in [-0.2, -0.15) is 5.10 Å². The lowest BCUT2D eigenvalue weighted by Gasteiger charge is -2.19. The Morgan fingerprint density at radius 1 is 1.40 bits per heavy atom. The fraction of sp³-hybridized carbons (Fsp3) is 0.348. The number of nitrogens with one attached hydrogen (secondary N) is 1. The summed E-state index contributed by atoms with van der Waals surface area (Å²) in [5.74, 6) is 0.628. The molecule has 4 rings (SSSR count). The third kappa shape index (κ3) is 6.24. The van der Waals surface area contributed by atoms with Gasteiger partial charge in [0.2, 0.25) is 12.2 Å². The van der Waals surface area contributed by atoms with Crippen molar-refractivity contribution < 1.29 is 13.8 Å². The van der Waals surface area contributed by atoms with E-state index in [1.165, 1.54) is 17.4 Å². The van der Waals surface area contributed by atoms with E-state index in [1.807, 2.05) is 24.3 Å². The molecule has 1 saturated carbocycles. The van der Waals surface area contributed by atoms with Crippen molar-refractivity contribution in [2.24, 2.45) is 11.1 Å². The molecule has 0 spiro atoms. The third-order valence-corrected chi connectivity index (χ3v) is 7.06. The summed E-state index contributed by atoms with van der Waals surface area (Å²) < 4.78 is 7.00. The van der Waals surface area contributed by atoms with E-state index in [0.29, 0.717) is 41.8 Å². The number of nitrogens with two attached hydrogens (primary N) is 1. The molecule has 0 radical (unpaired) electrons. The van der Waals surface area contributed by atoms with E-state index in [4.69, 9.17) is 9.32 Å². The summed E-state index contributed by atoms with van der Waals surface area (Å²) in [6, 6.07) is 9.42. The van der Waals surface area contributed by atoms with Crippen LogP contribution in [0.25, 0.3) is 0 Å². The first kappa shape index (κ1) is 25.2. The molecule has 0 aliphatic heterocycles. The van der Waals surface area contributed by atoms with E-state index in [2.05, 4.69) is 29.6 Å². The van der Waals surface area contributed by atoms with Gasteiger partial charge >= 0.3 is 0 Å². The highest BCUT2D eigenvalue weighted by atomic mass is 32.2. The molecule has 1 aliphatic rings. The molecule has 2 heterocycles. The van der Waals surface area contributed by atoms with E-state index >= 15 is 0 Å². The number of hydrogen-bond acceptors (Lipinski definition) is 9. The number of nitrogens with zero attached hydrogens (tertiary/aromatic N) is 5. The fourth-order valence-electron chi connectivity index (χ4n) is 4.23. The van der Waals surface area contributed by atoms with Crippen LogP contribution in [0.15, 0.2) is 49.1 Å². The van der Waals surface area contributed by atoms with Crippen LogP contribution in [-0.2, 0) is 15.5 Å². The van der Waals surface area contributed by atoms with Crippen LogP contribution >= 0.6 is 21.5 Å². The Morgan fingerprint density at radius 3 is 3.06 bits per heavy atom. The van der Waals surface area contributed by atoms with E-state index in [-0.39, 0.29) is 11.8 Å². The van der Waals surface area contributed by atoms with Crippen molar-refractivity contribution in [1.82, 2.24) is 19.7 Å². The second-order valence-electron chi connectivity index (χ2n) is 8.53. The molecule has 3 N–H and O–H groups in total. The maximum atomic E-state index is 13.3. The van der Waals surface area contributed by atoms with Crippen molar-refractivity contribution in [1.29, 1.82) is 0 Å². The minimum Gasteiger partial charge on any atom is -0.366 e. The second-order valence-corrected chi connectivity index (χ2v) is 9.82. The fourth-order valence-corrected chi connectivity index (χ4v) is 5.14. The molecule has 1 amide bonds. The maximum Gasteiger partial charge on any atom is 0.218 e. The second kappa shape index (κ2) is 11.7. The number of benzene rings is 1. The first-order chi connectivity index (χ1) is 17.0. The Bertz CT molecular complexity index is 1180. The van der Waals surface area contributed by atoms with Crippen molar-refractivity contribution in [2.45, 2.75) is 31.1 Å². The predicted octanol–water partition coefficient (Wildman–Crippen LogP) is 2.52. The molecule has 12 heteroatoms. The van der Waals surface area contributed by atoms with Crippen molar-refractivity contribution in [3.8, 4) is 0 Å². The summed E-state index contributed by atoms with van der Waals surface area (Å²) in [6.07, 6.45) is 7.34. The largest absolute Gasteiger partial charge is 0.366 e. The number of rotatable bonds is 11. The van der Waals surface area contributed by atoms with Crippen LogP contribution in [0.5, 0.6) is 0 Å². The quantitative estimate of drug-likeness (QED) is 0.131. The molecule has 2 aromatic heterocycles. The van der Waals surface area contributed by atoms with Crippen molar-refractivity contribution >= 4 is 45.2 Å². The van der Waals surface area contributed by atoms with Crippen LogP contribution in [-0.4, -0.2) is 57.3 Å². The Kier molecular flexibility index (Phi) is 8.46. The average molecular weight is 514 g/mol. The molecule has 10 nitrogen and oxygen atoms in total. The van der Waals surface area contributed by atoms with Gasteiger partial charge in [-0.15, -0.1) is 9.24 Å². The predicted molar refractivity (Wildman–Crippen MR) is 139 cm³/mol. The zero-order valence-electron chi connectivity index (χ0n) is 19.3. The molecule has 1 aromatic carbocycles. The van der Waals surface area contributed by atoms with Crippen molar-refractivity contribution in [3.63, 3.8) is 0 Å². The summed E-state index contributed by atoms with van der Waals surface area (Å²) in [6.45, 7) is 1.05. The summed E-state index contributed by atoms with van der Waals surface area (Å²) in [7, 11) is 4.57. The molecule has 1 fully saturated rings. The standard InChI is InChI=1S/C23H28N7O3PS/c1-29(14-31)17-4-2-3-15(7-17)11-30-6-5-19(28-30)22(32)18-10-25-13-26-23(18)27-20-8-16(9-21(20)34)12-33-35-24/h2-7,10,13-14,16,20-21H,8-9,11-12,24,34H2,1H3,(H,25,26,27). The molecule has 1 aliphatic carbocycles. The molecule has 35 heavy (non-hydrogen) atoms. The third-order valence-electron chi connectivity index (χ3n) is 6.05. The van der Waals surface area contributed by atoms with Crippen LogP contribution in [0.3, 0.4) is 0 Å². The van der Waals surface area contributed by atoms with Gasteiger partial charge in [-0.1, -0.05) is 12.1 Å². The summed E-state index contributed by atoms with van der Waals surface area (Å²) in [4.78, 5) is 34.3. The topological polar surface area (TPSA) is 128 Å². The minimum atomic E-state index is -0.251. The molecule has 184 valence electrons. The molecule has 3 aromatic rings. The molecular weight excluding hydrogens is 485 g/mol. The lowest BCUT2D eigenvalue weighted by molar-refractivity contribution is -0.107. The van der Waals surface area contributed by atoms with E-state index < -0.39 is 0 Å². The van der Waals surface area contributed by atoms with Crippen molar-refractivity contribution in [3.05, 3.63) is 65.9 Å². The minimum absolute atomic E-state index is 0.132. The van der Waals surface area contributed by atoms with Gasteiger partial charge < -0.3 is 14.4 Å². The highest BCUT2D eigenvalue weighted by molar-refractivity contribution is 7.92. The normalized spacial score (nSPS) is 19.5. The smallest absolute Gasteiger partial charge is 0.218 e. The van der Waals surface area contributed by atoms with Crippen molar-refractivity contribution in [2.75, 3.05) is 23.9 Å². The lowest BCUT2D eigenvalue weighted by Crippen LogP contribution is -2.26. The van der Waals surface area contributed by atoms with Gasteiger partial charge in [0.1, 0.15) is 17.8 Å².